The molecule has 62 heavy (non-hydrogen) atoms. The van der Waals surface area contributed by atoms with Crippen LogP contribution in [0.15, 0.2) is 38.5 Å². The average Bonchev–Trinajstić information content (AvgIpc) is 3.68. The number of phosphoric acid groups is 3. The molecule has 29 heteroatoms. The Morgan fingerprint density at radius 3 is 2.48 bits per heavy atom. The minimum Gasteiger partial charge on any atom is -0.440 e. The molecule has 2 aliphatic rings. The zero-order valence-electron chi connectivity index (χ0n) is 33.4. The molecule has 0 spiro atoms. The average molecular weight is 935 g/mol. The highest BCUT2D eigenvalue weighted by molar-refractivity contribution is 7.66. The van der Waals surface area contributed by atoms with Gasteiger partial charge in [0.05, 0.1) is 12.9 Å². The molecule has 0 aliphatic carbocycles. The number of aliphatic hydroxyl groups is 1. The fraction of sp³-hybridized carbons (Fsp3) is 0.515. The topological polar surface area (TPSA) is 380 Å². The molecule has 2 aliphatic heterocycles. The van der Waals surface area contributed by atoms with Crippen molar-refractivity contribution < 1.29 is 75.0 Å². The molecule has 1 saturated heterocycles. The van der Waals surface area contributed by atoms with Gasteiger partial charge in [-0.25, -0.2) is 28.3 Å². The number of nitrogens with one attached hydrogen (secondary N) is 3. The van der Waals surface area contributed by atoms with Crippen LogP contribution in [0.5, 0.6) is 0 Å². The number of nitrogens with zero attached hydrogens (tertiary/aromatic N) is 4. The lowest BCUT2D eigenvalue weighted by molar-refractivity contribution is -0.121. The molecular formula is C33H45N8O18P3. The second-order valence-corrected chi connectivity index (χ2v) is 19.6. The van der Waals surface area contributed by atoms with E-state index < -0.39 is 71.9 Å². The summed E-state index contributed by atoms with van der Waals surface area (Å²) < 4.78 is 65.0. The Morgan fingerprint density at radius 1 is 1.06 bits per heavy atom. The van der Waals surface area contributed by atoms with Gasteiger partial charge in [0.25, 0.3) is 5.56 Å². The van der Waals surface area contributed by atoms with Gasteiger partial charge in [0, 0.05) is 54.8 Å². The Morgan fingerprint density at radius 2 is 1.77 bits per heavy atom. The number of ether oxygens (including phenoxy) is 2. The number of aliphatic hydroxyl groups excluding tert-OH is 1. The van der Waals surface area contributed by atoms with Crippen molar-refractivity contribution in [3.8, 4) is 0 Å². The largest absolute Gasteiger partial charge is 0.490 e. The Bertz CT molecular complexity index is 2630. The van der Waals surface area contributed by atoms with E-state index in [1.54, 1.807) is 0 Å². The molecule has 1 aromatic carbocycles. The summed E-state index contributed by atoms with van der Waals surface area (Å²) in [6.07, 6.45) is -5.60. The highest BCUT2D eigenvalue weighted by atomic mass is 31.3. The molecule has 4 aromatic rings. The number of aromatic amines is 1. The number of carbonyl (C=O) groups excluding carboxylic acids is 2. The molecule has 7 atom stereocenters. The van der Waals surface area contributed by atoms with E-state index in [-0.39, 0.29) is 54.0 Å². The molecule has 340 valence electrons. The van der Waals surface area contributed by atoms with Crippen molar-refractivity contribution in [2.24, 2.45) is 0 Å². The van der Waals surface area contributed by atoms with Crippen molar-refractivity contribution in [1.29, 1.82) is 0 Å². The third kappa shape index (κ3) is 11.0. The summed E-state index contributed by atoms with van der Waals surface area (Å²) in [5.41, 5.74) is 7.09. The third-order valence-electron chi connectivity index (χ3n) is 10.1. The summed E-state index contributed by atoms with van der Waals surface area (Å²) in [6, 6.07) is 5.40. The monoisotopic (exact) mass is 934 g/mol. The van der Waals surface area contributed by atoms with Crippen molar-refractivity contribution >= 4 is 69.2 Å². The number of aromatic nitrogens is 4. The molecule has 2 amide bonds. The van der Waals surface area contributed by atoms with Crippen LogP contribution < -0.4 is 32.5 Å². The summed E-state index contributed by atoms with van der Waals surface area (Å²) in [5.74, 6) is -0.431. The molecule has 3 unspecified atom stereocenters. The molecule has 6 rings (SSSR count). The van der Waals surface area contributed by atoms with Gasteiger partial charge < -0.3 is 59.8 Å². The number of nitrogen functional groups attached to an aromatic ring is 1. The van der Waals surface area contributed by atoms with Crippen LogP contribution in [-0.4, -0.2) is 106 Å². The summed E-state index contributed by atoms with van der Waals surface area (Å²) in [6.45, 7) is 7.37. The highest BCUT2D eigenvalue weighted by Crippen LogP contribution is 2.66. The number of phosphoric ester groups is 1. The number of fused-ring (bicyclic) bond motifs is 3. The first-order valence-electron chi connectivity index (χ1n) is 18.7. The van der Waals surface area contributed by atoms with Crippen molar-refractivity contribution in [3.05, 3.63) is 56.4 Å². The normalized spacial score (nSPS) is 23.1. The van der Waals surface area contributed by atoms with Gasteiger partial charge in [-0.1, -0.05) is 6.92 Å². The van der Waals surface area contributed by atoms with Gasteiger partial charge in [0.1, 0.15) is 17.8 Å². The molecule has 3 aromatic heterocycles. The summed E-state index contributed by atoms with van der Waals surface area (Å²) in [7, 11) is -17.3. The van der Waals surface area contributed by atoms with Crippen LogP contribution in [0.1, 0.15) is 63.3 Å². The number of hydrogen-bond acceptors (Lipinski definition) is 18. The fourth-order valence-electron chi connectivity index (χ4n) is 7.57. The van der Waals surface area contributed by atoms with E-state index >= 15 is 0 Å². The lowest BCUT2D eigenvalue weighted by Gasteiger charge is -2.47. The third-order valence-corrected chi connectivity index (χ3v) is 13.9. The van der Waals surface area contributed by atoms with Gasteiger partial charge in [-0.2, -0.15) is 13.6 Å². The van der Waals surface area contributed by atoms with Crippen LogP contribution in [0.3, 0.4) is 0 Å². The molecule has 5 heterocycles. The lowest BCUT2D eigenvalue weighted by atomic mass is 9.79. The zero-order chi connectivity index (χ0) is 45.5. The summed E-state index contributed by atoms with van der Waals surface area (Å²) in [4.78, 5) is 99.6. The predicted molar refractivity (Wildman–Crippen MR) is 214 cm³/mol. The molecule has 0 saturated carbocycles. The van der Waals surface area contributed by atoms with E-state index in [1.165, 1.54) is 6.07 Å². The molecular weight excluding hydrogens is 889 g/mol. The van der Waals surface area contributed by atoms with E-state index in [0.29, 0.717) is 18.5 Å². The van der Waals surface area contributed by atoms with Crippen LogP contribution in [0, 0.1) is 6.92 Å². The number of rotatable bonds is 16. The number of anilines is 2. The van der Waals surface area contributed by atoms with Gasteiger partial charge in [-0.05, 0) is 56.7 Å². The van der Waals surface area contributed by atoms with Gasteiger partial charge >= 0.3 is 35.2 Å². The SMILES string of the molecule is Cc1cc(=O)oc2cc3c(cc12)C(C)CC(C)(C)N3CCCC(=O)NCCNC(=O)O[C@H]1[C@@H](O)[C@H](n2cnc3c(=O)[nH]c(N)nc32)O[C@@H]1COP(=O)(O)OP(=O)(O)OP(=O)(O)O. The molecule has 10 N–H and O–H groups in total. The maximum atomic E-state index is 12.9. The van der Waals surface area contributed by atoms with Crippen molar-refractivity contribution in [3.63, 3.8) is 0 Å². The number of nitrogens with two attached hydrogens (primary N) is 1. The van der Waals surface area contributed by atoms with Gasteiger partial charge in [0.2, 0.25) is 11.9 Å². The van der Waals surface area contributed by atoms with E-state index in [2.05, 4.69) is 70.5 Å². The quantitative estimate of drug-likeness (QED) is 0.0436. The smallest absolute Gasteiger partial charge is 0.440 e. The molecule has 0 radical (unpaired) electrons. The summed E-state index contributed by atoms with van der Waals surface area (Å²) >= 11 is 0. The van der Waals surface area contributed by atoms with Crippen LogP contribution in [-0.2, 0) is 41.1 Å². The van der Waals surface area contributed by atoms with Gasteiger partial charge in [0.15, 0.2) is 23.5 Å². The van der Waals surface area contributed by atoms with E-state index in [9.17, 15) is 47.8 Å². The standard InChI is InChI=1S/C33H45N8O18P3/c1-16-10-24(43)55-21-12-20-18(11-19(16)21)17(2)13-33(3,4)41(20)9-5-6-23(42)35-7-8-36-32(46)57-27-22(14-54-61(50,51)59-62(52,53)58-60(47,48)49)56-30(26(27)44)40-15-37-25-28(40)38-31(34)39-29(25)45/h10-12,15,17,22,26-27,30,44H,5-9,13-14H2,1-4H3,(H,35,42)(H,36,46)(H,50,51)(H,52,53)(H2,47,48,49)(H3,34,38,39,45)/t17?,22-,26-,27-,30-/m1/s1. The van der Waals surface area contributed by atoms with Crippen molar-refractivity contribution in [2.45, 2.75) is 83.0 Å². The zero-order valence-corrected chi connectivity index (χ0v) is 36.1. The molecule has 1 fully saturated rings. The first-order valence-corrected chi connectivity index (χ1v) is 23.3. The Balaban J connectivity index is 1.05. The lowest BCUT2D eigenvalue weighted by Crippen LogP contribution is -2.49. The van der Waals surface area contributed by atoms with Gasteiger partial charge in [-0.15, -0.1) is 0 Å². The molecule has 26 nitrogen and oxygen atoms in total. The number of alkyl carbamates (subject to hydrolysis) is 1. The Hall–Kier alpha value is -4.55. The second-order valence-electron chi connectivity index (χ2n) is 15.2. The van der Waals surface area contributed by atoms with E-state index in [1.807, 2.05) is 13.0 Å². The van der Waals surface area contributed by atoms with Crippen molar-refractivity contribution in [1.82, 2.24) is 30.2 Å². The van der Waals surface area contributed by atoms with Crippen molar-refractivity contribution in [2.75, 3.05) is 36.9 Å². The fourth-order valence-corrected chi connectivity index (χ4v) is 10.6. The Labute approximate surface area is 350 Å². The number of H-pyrrole nitrogens is 1. The minimum absolute atomic E-state index is 0.0572. The first kappa shape index (κ1) is 46.9. The van der Waals surface area contributed by atoms with E-state index in [0.717, 1.165) is 39.5 Å². The molecule has 0 bridgehead atoms. The van der Waals surface area contributed by atoms with E-state index in [4.69, 9.17) is 29.4 Å². The summed E-state index contributed by atoms with van der Waals surface area (Å²) in [5, 5.41) is 17.2. The Kier molecular flexibility index (Phi) is 13.6. The predicted octanol–water partition coefficient (Wildman–Crippen LogP) is 1.50. The minimum atomic E-state index is -5.90. The number of benzene rings is 1. The van der Waals surface area contributed by atoms with Gasteiger partial charge in [-0.3, -0.25) is 23.7 Å². The maximum Gasteiger partial charge on any atom is 0.490 e. The second kappa shape index (κ2) is 17.9. The maximum absolute atomic E-state index is 12.9. The number of hydrogen-bond donors (Lipinski definition) is 9. The van der Waals surface area contributed by atoms with Crippen LogP contribution in [0.2, 0.25) is 0 Å². The number of aryl methyl sites for hydroxylation is 1. The number of carbonyl (C=O) groups is 2. The van der Waals surface area contributed by atoms with Crippen LogP contribution >= 0.6 is 23.5 Å². The number of amides is 2. The van der Waals surface area contributed by atoms with Crippen LogP contribution in [0.4, 0.5) is 16.4 Å². The highest BCUT2D eigenvalue weighted by Gasteiger charge is 2.50. The van der Waals surface area contributed by atoms with Crippen LogP contribution in [0.25, 0.3) is 22.1 Å². The number of imidazole rings is 1. The first-order chi connectivity index (χ1) is 28.8.